The lowest BCUT2D eigenvalue weighted by Gasteiger charge is -2.11. The predicted molar refractivity (Wildman–Crippen MR) is 83.3 cm³/mol. The van der Waals surface area contributed by atoms with E-state index in [0.717, 1.165) is 44.5 Å². The smallest absolute Gasteiger partial charge is 0.191 e. The van der Waals surface area contributed by atoms with Gasteiger partial charge in [0.2, 0.25) is 0 Å². The van der Waals surface area contributed by atoms with Crippen LogP contribution in [-0.2, 0) is 9.47 Å². The Bertz CT molecular complexity index is 256. The highest BCUT2D eigenvalue weighted by atomic mass is 16.5. The van der Waals surface area contributed by atoms with Crippen molar-refractivity contribution in [2.45, 2.75) is 39.5 Å². The van der Waals surface area contributed by atoms with Gasteiger partial charge in [-0.1, -0.05) is 13.3 Å². The number of ether oxygens (including phenoxy) is 2. The van der Waals surface area contributed by atoms with Crippen molar-refractivity contribution in [1.29, 1.82) is 0 Å². The summed E-state index contributed by atoms with van der Waals surface area (Å²) >= 11 is 0. The second-order valence-corrected chi connectivity index (χ2v) is 5.17. The molecule has 0 radical (unpaired) electrons. The fraction of sp³-hybridized carbons (Fsp3) is 0.933. The Balaban J connectivity index is 1.92. The number of aliphatic imine (C=N–C) groups is 1. The molecule has 1 aliphatic rings. The lowest BCUT2D eigenvalue weighted by molar-refractivity contribution is 0.0487. The van der Waals surface area contributed by atoms with Crippen molar-refractivity contribution in [3.8, 4) is 0 Å². The summed E-state index contributed by atoms with van der Waals surface area (Å²) in [6.07, 6.45) is 4.98. The van der Waals surface area contributed by atoms with E-state index in [-0.39, 0.29) is 0 Å². The molecule has 5 nitrogen and oxygen atoms in total. The van der Waals surface area contributed by atoms with E-state index >= 15 is 0 Å². The average molecular weight is 285 g/mol. The normalized spacial score (nSPS) is 15.4. The van der Waals surface area contributed by atoms with Crippen LogP contribution in [0.15, 0.2) is 4.99 Å². The van der Waals surface area contributed by atoms with Crippen LogP contribution in [0.25, 0.3) is 0 Å². The largest absolute Gasteiger partial charge is 0.379 e. The summed E-state index contributed by atoms with van der Waals surface area (Å²) in [6, 6.07) is 0. The molecule has 118 valence electrons. The van der Waals surface area contributed by atoms with Gasteiger partial charge in [-0.2, -0.15) is 0 Å². The van der Waals surface area contributed by atoms with Gasteiger partial charge in [0.1, 0.15) is 0 Å². The number of unbranched alkanes of at least 4 members (excludes halogenated alkanes) is 1. The number of guanidine groups is 1. The van der Waals surface area contributed by atoms with Crippen LogP contribution in [0, 0.1) is 5.92 Å². The summed E-state index contributed by atoms with van der Waals surface area (Å²) in [5, 5.41) is 6.54. The minimum absolute atomic E-state index is 0.668. The molecular formula is C15H31N3O2. The first-order valence-corrected chi connectivity index (χ1v) is 8.04. The maximum atomic E-state index is 5.51. The Hall–Kier alpha value is -0.810. The first-order chi connectivity index (χ1) is 9.86. The quantitative estimate of drug-likeness (QED) is 0.326. The van der Waals surface area contributed by atoms with Crippen LogP contribution in [-0.4, -0.2) is 52.0 Å². The van der Waals surface area contributed by atoms with Gasteiger partial charge in [-0.15, -0.1) is 0 Å². The van der Waals surface area contributed by atoms with Crippen LogP contribution in [0.5, 0.6) is 0 Å². The fourth-order valence-electron chi connectivity index (χ4n) is 1.67. The monoisotopic (exact) mass is 285 g/mol. The molecule has 1 rings (SSSR count). The number of hydrogen-bond donors (Lipinski definition) is 2. The third-order valence-electron chi connectivity index (χ3n) is 3.10. The molecule has 1 saturated carbocycles. The summed E-state index contributed by atoms with van der Waals surface area (Å²) in [4.78, 5) is 4.56. The van der Waals surface area contributed by atoms with Gasteiger partial charge in [0, 0.05) is 26.2 Å². The second-order valence-electron chi connectivity index (χ2n) is 5.17. The van der Waals surface area contributed by atoms with Crippen molar-refractivity contribution in [1.82, 2.24) is 10.6 Å². The van der Waals surface area contributed by atoms with Gasteiger partial charge in [0.25, 0.3) is 0 Å². The molecule has 1 fully saturated rings. The zero-order valence-corrected chi connectivity index (χ0v) is 13.1. The number of nitrogens with zero attached hydrogens (tertiary/aromatic N) is 1. The molecule has 0 atom stereocenters. The maximum Gasteiger partial charge on any atom is 0.191 e. The highest BCUT2D eigenvalue weighted by Crippen LogP contribution is 2.28. The van der Waals surface area contributed by atoms with E-state index in [1.54, 1.807) is 0 Å². The standard InChI is InChI=1S/C15H31N3O2/c1-3-5-9-19-11-12-20-10-8-17-15(16-4-2)18-13-14-6-7-14/h14H,3-13H2,1-2H3,(H2,16,17,18). The van der Waals surface area contributed by atoms with Crippen molar-refractivity contribution in [2.75, 3.05) is 46.1 Å². The highest BCUT2D eigenvalue weighted by Gasteiger charge is 2.20. The summed E-state index contributed by atoms with van der Waals surface area (Å²) < 4.78 is 10.9. The first kappa shape index (κ1) is 17.2. The van der Waals surface area contributed by atoms with E-state index in [2.05, 4.69) is 29.5 Å². The number of nitrogens with one attached hydrogen (secondary N) is 2. The summed E-state index contributed by atoms with van der Waals surface area (Å²) in [7, 11) is 0. The molecule has 0 aromatic heterocycles. The Morgan fingerprint density at radius 1 is 1.05 bits per heavy atom. The molecule has 0 heterocycles. The molecule has 1 aliphatic carbocycles. The van der Waals surface area contributed by atoms with Gasteiger partial charge in [-0.25, -0.2) is 0 Å². The van der Waals surface area contributed by atoms with Crippen molar-refractivity contribution in [2.24, 2.45) is 10.9 Å². The third-order valence-corrected chi connectivity index (χ3v) is 3.10. The van der Waals surface area contributed by atoms with Gasteiger partial charge in [-0.05, 0) is 32.1 Å². The summed E-state index contributed by atoms with van der Waals surface area (Å²) in [5.74, 6) is 1.73. The Labute approximate surface area is 123 Å². The molecule has 0 amide bonds. The number of hydrogen-bond acceptors (Lipinski definition) is 3. The van der Waals surface area contributed by atoms with Crippen molar-refractivity contribution >= 4 is 5.96 Å². The molecule has 0 aromatic carbocycles. The SMILES string of the molecule is CCCCOCCOCCNC(=NCC1CC1)NCC. The minimum Gasteiger partial charge on any atom is -0.379 e. The highest BCUT2D eigenvalue weighted by molar-refractivity contribution is 5.79. The van der Waals surface area contributed by atoms with Gasteiger partial charge in [0.05, 0.1) is 19.8 Å². The lowest BCUT2D eigenvalue weighted by atomic mass is 10.4. The molecule has 0 spiro atoms. The molecule has 0 saturated heterocycles. The Kier molecular flexibility index (Phi) is 10.3. The van der Waals surface area contributed by atoms with E-state index in [9.17, 15) is 0 Å². The molecule has 0 aromatic rings. The van der Waals surface area contributed by atoms with Crippen molar-refractivity contribution in [3.63, 3.8) is 0 Å². The van der Waals surface area contributed by atoms with Gasteiger partial charge in [-0.3, -0.25) is 4.99 Å². The zero-order chi connectivity index (χ0) is 14.5. The van der Waals surface area contributed by atoms with E-state index in [1.165, 1.54) is 19.3 Å². The van der Waals surface area contributed by atoms with Crippen molar-refractivity contribution in [3.05, 3.63) is 0 Å². The van der Waals surface area contributed by atoms with Crippen LogP contribution in [0.1, 0.15) is 39.5 Å². The predicted octanol–water partition coefficient (Wildman–Crippen LogP) is 1.78. The Morgan fingerprint density at radius 2 is 1.80 bits per heavy atom. The third kappa shape index (κ3) is 10.0. The molecule has 0 bridgehead atoms. The lowest BCUT2D eigenvalue weighted by Crippen LogP contribution is -2.39. The van der Waals surface area contributed by atoms with E-state index < -0.39 is 0 Å². The first-order valence-electron chi connectivity index (χ1n) is 8.04. The molecular weight excluding hydrogens is 254 g/mol. The van der Waals surface area contributed by atoms with Gasteiger partial charge >= 0.3 is 0 Å². The van der Waals surface area contributed by atoms with E-state index in [1.807, 2.05) is 0 Å². The van der Waals surface area contributed by atoms with Crippen LogP contribution in [0.3, 0.4) is 0 Å². The fourth-order valence-corrected chi connectivity index (χ4v) is 1.67. The van der Waals surface area contributed by atoms with Crippen LogP contribution in [0.2, 0.25) is 0 Å². The Morgan fingerprint density at radius 3 is 2.45 bits per heavy atom. The van der Waals surface area contributed by atoms with Crippen LogP contribution < -0.4 is 10.6 Å². The molecule has 20 heavy (non-hydrogen) atoms. The number of rotatable bonds is 12. The minimum atomic E-state index is 0.668. The average Bonchev–Trinajstić information content (AvgIpc) is 3.27. The summed E-state index contributed by atoms with van der Waals surface area (Å²) in [5.41, 5.74) is 0. The second kappa shape index (κ2) is 12.0. The molecule has 2 N–H and O–H groups in total. The van der Waals surface area contributed by atoms with Gasteiger partial charge in [0.15, 0.2) is 5.96 Å². The van der Waals surface area contributed by atoms with E-state index in [4.69, 9.17) is 9.47 Å². The van der Waals surface area contributed by atoms with Crippen LogP contribution >= 0.6 is 0 Å². The molecule has 5 heteroatoms. The van der Waals surface area contributed by atoms with Crippen molar-refractivity contribution < 1.29 is 9.47 Å². The molecule has 0 aliphatic heterocycles. The maximum absolute atomic E-state index is 5.51. The molecule has 0 unspecified atom stereocenters. The zero-order valence-electron chi connectivity index (χ0n) is 13.1. The van der Waals surface area contributed by atoms with Crippen LogP contribution in [0.4, 0.5) is 0 Å². The van der Waals surface area contributed by atoms with Gasteiger partial charge < -0.3 is 20.1 Å². The van der Waals surface area contributed by atoms with E-state index in [0.29, 0.717) is 19.8 Å². The topological polar surface area (TPSA) is 54.9 Å². The summed E-state index contributed by atoms with van der Waals surface area (Å²) in [6.45, 7) is 9.75.